The van der Waals surface area contributed by atoms with Crippen molar-refractivity contribution in [3.05, 3.63) is 36.0 Å². The number of benzene rings is 1. The van der Waals surface area contributed by atoms with Gasteiger partial charge in [0.05, 0.1) is 13.2 Å². The van der Waals surface area contributed by atoms with E-state index < -0.39 is 0 Å². The maximum atomic E-state index is 12.9. The number of hydrogen-bond acceptors (Lipinski definition) is 3. The van der Waals surface area contributed by atoms with Crippen LogP contribution in [0, 0.1) is 5.92 Å². The molecule has 4 rings (SSSR count). The molecular formula is C24H35N3O2. The van der Waals surface area contributed by atoms with Gasteiger partial charge in [-0.15, -0.1) is 0 Å². The summed E-state index contributed by atoms with van der Waals surface area (Å²) in [6, 6.07) is 8.61. The Kier molecular flexibility index (Phi) is 6.88. The Labute approximate surface area is 174 Å². The Morgan fingerprint density at radius 2 is 1.93 bits per heavy atom. The topological polar surface area (TPSA) is 46.5 Å². The van der Waals surface area contributed by atoms with Crippen molar-refractivity contribution in [1.29, 1.82) is 0 Å². The molecule has 29 heavy (non-hydrogen) atoms. The van der Waals surface area contributed by atoms with Gasteiger partial charge in [0.15, 0.2) is 0 Å². The molecule has 1 aromatic carbocycles. The highest BCUT2D eigenvalue weighted by Gasteiger charge is 2.29. The Morgan fingerprint density at radius 3 is 2.72 bits per heavy atom. The fourth-order valence-corrected chi connectivity index (χ4v) is 5.19. The summed E-state index contributed by atoms with van der Waals surface area (Å²) in [5.41, 5.74) is 2.62. The number of carbonyl (C=O) groups excluding carboxylic acids is 1. The zero-order valence-electron chi connectivity index (χ0n) is 17.7. The van der Waals surface area contributed by atoms with Crippen LogP contribution < -0.4 is 5.32 Å². The molecule has 1 saturated heterocycles. The predicted molar refractivity (Wildman–Crippen MR) is 117 cm³/mol. The lowest BCUT2D eigenvalue weighted by Crippen LogP contribution is -2.41. The van der Waals surface area contributed by atoms with Gasteiger partial charge in [0.1, 0.15) is 0 Å². The van der Waals surface area contributed by atoms with Crippen molar-refractivity contribution in [2.75, 3.05) is 39.4 Å². The summed E-state index contributed by atoms with van der Waals surface area (Å²) >= 11 is 0. The molecule has 1 aromatic heterocycles. The van der Waals surface area contributed by atoms with Crippen molar-refractivity contribution in [3.8, 4) is 0 Å². The number of aryl methyl sites for hydroxylation is 1. The smallest absolute Gasteiger partial charge is 0.220 e. The van der Waals surface area contributed by atoms with Crippen LogP contribution in [0.25, 0.3) is 10.9 Å². The second-order valence-corrected chi connectivity index (χ2v) is 8.73. The van der Waals surface area contributed by atoms with E-state index in [1.54, 1.807) is 0 Å². The summed E-state index contributed by atoms with van der Waals surface area (Å²) in [6.45, 7) is 5.19. The van der Waals surface area contributed by atoms with Gasteiger partial charge in [0.2, 0.25) is 5.91 Å². The first kappa shape index (κ1) is 20.4. The molecule has 1 amide bonds. The molecule has 2 aromatic rings. The van der Waals surface area contributed by atoms with Crippen LogP contribution in [-0.4, -0.2) is 54.8 Å². The van der Waals surface area contributed by atoms with Gasteiger partial charge in [0.25, 0.3) is 0 Å². The average Bonchev–Trinajstić information content (AvgIpc) is 3.10. The quantitative estimate of drug-likeness (QED) is 0.775. The van der Waals surface area contributed by atoms with Crippen molar-refractivity contribution in [1.82, 2.24) is 14.8 Å². The summed E-state index contributed by atoms with van der Waals surface area (Å²) in [5, 5.41) is 4.51. The van der Waals surface area contributed by atoms with Crippen LogP contribution in [-0.2, 0) is 16.6 Å². The van der Waals surface area contributed by atoms with Gasteiger partial charge in [-0.1, -0.05) is 37.5 Å². The minimum absolute atomic E-state index is 0.196. The largest absolute Gasteiger partial charge is 0.379 e. The summed E-state index contributed by atoms with van der Waals surface area (Å²) < 4.78 is 7.62. The molecule has 1 saturated carbocycles. The molecule has 2 fully saturated rings. The number of ether oxygens (including phenoxy) is 1. The number of fused-ring (bicyclic) bond motifs is 1. The molecule has 2 aliphatic rings. The van der Waals surface area contributed by atoms with Crippen LogP contribution in [0.2, 0.25) is 0 Å². The zero-order chi connectivity index (χ0) is 20.1. The number of nitrogens with zero attached hydrogens (tertiary/aromatic N) is 2. The molecule has 0 unspecified atom stereocenters. The van der Waals surface area contributed by atoms with Gasteiger partial charge >= 0.3 is 0 Å². The molecule has 1 aliphatic carbocycles. The van der Waals surface area contributed by atoms with E-state index in [2.05, 4.69) is 52.3 Å². The van der Waals surface area contributed by atoms with E-state index in [-0.39, 0.29) is 5.91 Å². The van der Waals surface area contributed by atoms with Crippen molar-refractivity contribution in [3.63, 3.8) is 0 Å². The molecule has 0 radical (unpaired) electrons. The summed E-state index contributed by atoms with van der Waals surface area (Å²) in [7, 11) is 2.12. The lowest BCUT2D eigenvalue weighted by Gasteiger charge is -2.30. The van der Waals surface area contributed by atoms with Crippen molar-refractivity contribution >= 4 is 16.8 Å². The monoisotopic (exact) mass is 397 g/mol. The zero-order valence-corrected chi connectivity index (χ0v) is 17.7. The van der Waals surface area contributed by atoms with Gasteiger partial charge in [-0.2, -0.15) is 0 Å². The Bertz CT molecular complexity index is 804. The maximum Gasteiger partial charge on any atom is 0.220 e. The average molecular weight is 398 g/mol. The lowest BCUT2D eigenvalue weighted by atomic mass is 9.75. The molecule has 0 spiro atoms. The van der Waals surface area contributed by atoms with Gasteiger partial charge in [-0.25, -0.2) is 0 Å². The maximum absolute atomic E-state index is 12.9. The lowest BCUT2D eigenvalue weighted by molar-refractivity contribution is -0.121. The molecule has 1 N–H and O–H groups in total. The molecule has 2 heterocycles. The Balaban J connectivity index is 1.45. The number of aromatic nitrogens is 1. The minimum atomic E-state index is 0.196. The standard InChI is InChI=1S/C24H35N3O2/c1-26-18-22(20-9-5-6-10-23(20)26)21(19-7-3-2-4-8-19)17-24(28)25-11-12-27-13-15-29-16-14-27/h5-6,9-10,18-19,21H,2-4,7-8,11-17H2,1H3,(H,25,28)/t21-/m0/s1. The number of morpholine rings is 1. The Morgan fingerprint density at radius 1 is 1.17 bits per heavy atom. The van der Waals surface area contributed by atoms with E-state index >= 15 is 0 Å². The van der Waals surface area contributed by atoms with Gasteiger partial charge in [-0.3, -0.25) is 9.69 Å². The van der Waals surface area contributed by atoms with Crippen molar-refractivity contribution in [2.24, 2.45) is 13.0 Å². The van der Waals surface area contributed by atoms with E-state index in [1.165, 1.54) is 48.6 Å². The number of rotatable bonds is 7. The first-order chi connectivity index (χ1) is 14.2. The van der Waals surface area contributed by atoms with E-state index in [0.717, 1.165) is 39.4 Å². The fourth-order valence-electron chi connectivity index (χ4n) is 5.19. The third kappa shape index (κ3) is 5.01. The highest BCUT2D eigenvalue weighted by atomic mass is 16.5. The number of para-hydroxylation sites is 1. The summed E-state index contributed by atoms with van der Waals surface area (Å²) in [6.07, 6.45) is 9.29. The summed E-state index contributed by atoms with van der Waals surface area (Å²) in [5.74, 6) is 1.12. The molecule has 1 atom stereocenters. The second-order valence-electron chi connectivity index (χ2n) is 8.73. The molecule has 5 nitrogen and oxygen atoms in total. The van der Waals surface area contributed by atoms with Crippen LogP contribution in [0.4, 0.5) is 0 Å². The normalized spacial score (nSPS) is 20.0. The van der Waals surface area contributed by atoms with Gasteiger partial charge in [-0.05, 0) is 36.3 Å². The highest BCUT2D eigenvalue weighted by molar-refractivity contribution is 5.86. The highest BCUT2D eigenvalue weighted by Crippen LogP contribution is 2.41. The molecule has 5 heteroatoms. The van der Waals surface area contributed by atoms with Crippen LogP contribution in [0.5, 0.6) is 0 Å². The first-order valence-electron chi connectivity index (χ1n) is 11.3. The van der Waals surface area contributed by atoms with Crippen LogP contribution in [0.15, 0.2) is 30.5 Å². The van der Waals surface area contributed by atoms with Crippen LogP contribution in [0.3, 0.4) is 0 Å². The number of amides is 1. The van der Waals surface area contributed by atoms with E-state index in [1.807, 2.05) is 0 Å². The predicted octanol–water partition coefficient (Wildman–Crippen LogP) is 3.68. The fraction of sp³-hybridized carbons (Fsp3) is 0.625. The van der Waals surface area contributed by atoms with E-state index in [0.29, 0.717) is 18.3 Å². The Hall–Kier alpha value is -1.85. The van der Waals surface area contributed by atoms with Crippen LogP contribution in [0.1, 0.15) is 50.0 Å². The second kappa shape index (κ2) is 9.77. The van der Waals surface area contributed by atoms with E-state index in [4.69, 9.17) is 4.74 Å². The molecule has 158 valence electrons. The number of nitrogens with one attached hydrogen (secondary N) is 1. The molecule has 0 bridgehead atoms. The summed E-state index contributed by atoms with van der Waals surface area (Å²) in [4.78, 5) is 15.3. The first-order valence-corrected chi connectivity index (χ1v) is 11.3. The van der Waals surface area contributed by atoms with Gasteiger partial charge in [0, 0.05) is 56.7 Å². The van der Waals surface area contributed by atoms with Crippen LogP contribution >= 0.6 is 0 Å². The minimum Gasteiger partial charge on any atom is -0.379 e. The third-order valence-electron chi connectivity index (χ3n) is 6.81. The third-order valence-corrected chi connectivity index (χ3v) is 6.81. The molecular weight excluding hydrogens is 362 g/mol. The number of carbonyl (C=O) groups is 1. The van der Waals surface area contributed by atoms with E-state index in [9.17, 15) is 4.79 Å². The number of hydrogen-bond donors (Lipinski definition) is 1. The van der Waals surface area contributed by atoms with Gasteiger partial charge < -0.3 is 14.6 Å². The molecule has 1 aliphatic heterocycles. The van der Waals surface area contributed by atoms with Crippen molar-refractivity contribution in [2.45, 2.75) is 44.4 Å². The van der Waals surface area contributed by atoms with Crippen molar-refractivity contribution < 1.29 is 9.53 Å². The SMILES string of the molecule is Cn1cc([C@@H](CC(=O)NCCN2CCOCC2)C2CCCCC2)c2ccccc21.